The Morgan fingerprint density at radius 2 is 1.91 bits per heavy atom. The van der Waals surface area contributed by atoms with Crippen molar-refractivity contribution in [1.29, 1.82) is 0 Å². The van der Waals surface area contributed by atoms with Gasteiger partial charge in [0.25, 0.3) is 10.0 Å². The van der Waals surface area contributed by atoms with E-state index in [1.54, 1.807) is 24.0 Å². The zero-order valence-corrected chi connectivity index (χ0v) is 19.6. The molecule has 3 heterocycles. The van der Waals surface area contributed by atoms with E-state index in [-0.39, 0.29) is 22.7 Å². The van der Waals surface area contributed by atoms with E-state index < -0.39 is 10.0 Å². The van der Waals surface area contributed by atoms with Gasteiger partial charge in [-0.05, 0) is 74.2 Å². The molecule has 0 unspecified atom stereocenters. The van der Waals surface area contributed by atoms with Gasteiger partial charge in [-0.3, -0.25) is 9.52 Å². The number of anilines is 3. The lowest BCUT2D eigenvalue weighted by Crippen LogP contribution is -2.44. The third-order valence-corrected chi connectivity index (χ3v) is 7.68. The lowest BCUT2D eigenvalue weighted by molar-refractivity contribution is -0.118. The number of carbonyl (C=O) groups is 1. The van der Waals surface area contributed by atoms with Crippen LogP contribution in [-0.4, -0.2) is 38.6 Å². The third kappa shape index (κ3) is 4.18. The van der Waals surface area contributed by atoms with Crippen LogP contribution in [0.2, 0.25) is 5.02 Å². The number of nitrogens with zero attached hydrogens (tertiary/aromatic N) is 3. The number of fused-ring (bicyclic) bond motifs is 1. The highest BCUT2D eigenvalue weighted by atomic mass is 35.5. The first-order valence-electron chi connectivity index (χ1n) is 10.7. The first-order valence-corrected chi connectivity index (χ1v) is 12.6. The lowest BCUT2D eigenvalue weighted by atomic mass is 9.99. The predicted molar refractivity (Wildman–Crippen MR) is 126 cm³/mol. The first-order chi connectivity index (χ1) is 15.8. The summed E-state index contributed by atoms with van der Waals surface area (Å²) in [6.45, 7) is 3.08. The SMILES string of the molecule is Cc1cc(NS(=O)(=O)c2ccc(N3CC[C@H](N4CCCc5cc(Cl)ccc54)C3=O)cc2)no1. The van der Waals surface area contributed by atoms with Crippen LogP contribution in [0.5, 0.6) is 0 Å². The van der Waals surface area contributed by atoms with Gasteiger partial charge in [0, 0.05) is 35.6 Å². The Morgan fingerprint density at radius 3 is 2.64 bits per heavy atom. The van der Waals surface area contributed by atoms with E-state index in [0.717, 1.165) is 25.1 Å². The fourth-order valence-corrected chi connectivity index (χ4v) is 5.72. The molecule has 1 amide bonds. The summed E-state index contributed by atoms with van der Waals surface area (Å²) in [5.41, 5.74) is 2.91. The van der Waals surface area contributed by atoms with Crippen LogP contribution < -0.4 is 14.5 Å². The standard InChI is InChI=1S/C23H23ClN4O4S/c1-15-13-22(25-32-15)26-33(30,31)19-7-5-18(6-8-19)27-12-10-21(23(27)29)28-11-2-3-16-14-17(24)4-9-20(16)28/h4-9,13-14,21H,2-3,10-12H2,1H3,(H,25,26)/t21-/m0/s1. The zero-order chi connectivity index (χ0) is 23.2. The highest BCUT2D eigenvalue weighted by Crippen LogP contribution is 2.35. The van der Waals surface area contributed by atoms with Gasteiger partial charge in [-0.25, -0.2) is 8.42 Å². The van der Waals surface area contributed by atoms with Gasteiger partial charge in [-0.1, -0.05) is 16.8 Å². The number of hydrogen-bond acceptors (Lipinski definition) is 6. The Bertz CT molecular complexity index is 1310. The van der Waals surface area contributed by atoms with Crippen molar-refractivity contribution < 1.29 is 17.7 Å². The van der Waals surface area contributed by atoms with Gasteiger partial charge in [0.2, 0.25) is 5.91 Å². The van der Waals surface area contributed by atoms with Gasteiger partial charge in [0.05, 0.1) is 4.90 Å². The molecule has 33 heavy (non-hydrogen) atoms. The van der Waals surface area contributed by atoms with E-state index in [1.165, 1.54) is 23.8 Å². The molecule has 0 bridgehead atoms. The van der Waals surface area contributed by atoms with Gasteiger partial charge in [-0.2, -0.15) is 0 Å². The highest BCUT2D eigenvalue weighted by Gasteiger charge is 2.38. The highest BCUT2D eigenvalue weighted by molar-refractivity contribution is 7.92. The van der Waals surface area contributed by atoms with Crippen molar-refractivity contribution in [3.05, 3.63) is 64.9 Å². The fourth-order valence-electron chi connectivity index (χ4n) is 4.55. The average molecular weight is 487 g/mol. The summed E-state index contributed by atoms with van der Waals surface area (Å²) in [6, 6.07) is 13.4. The molecule has 2 aliphatic heterocycles. The minimum Gasteiger partial charge on any atom is -0.360 e. The second-order valence-electron chi connectivity index (χ2n) is 8.29. The molecule has 2 aromatic carbocycles. The van der Waals surface area contributed by atoms with Crippen LogP contribution in [0.1, 0.15) is 24.2 Å². The number of sulfonamides is 1. The quantitative estimate of drug-likeness (QED) is 0.585. The van der Waals surface area contributed by atoms with Gasteiger partial charge in [0.1, 0.15) is 11.8 Å². The smallest absolute Gasteiger partial charge is 0.263 e. The molecule has 5 rings (SSSR count). The molecule has 1 fully saturated rings. The Morgan fingerprint density at radius 1 is 1.12 bits per heavy atom. The second-order valence-corrected chi connectivity index (χ2v) is 10.4. The van der Waals surface area contributed by atoms with Crippen molar-refractivity contribution in [3.8, 4) is 0 Å². The van der Waals surface area contributed by atoms with Gasteiger partial charge in [0.15, 0.2) is 5.82 Å². The molecule has 2 aliphatic rings. The van der Waals surface area contributed by atoms with Gasteiger partial charge in [-0.15, -0.1) is 0 Å². The zero-order valence-electron chi connectivity index (χ0n) is 18.0. The van der Waals surface area contributed by atoms with Crippen molar-refractivity contribution in [2.75, 3.05) is 27.6 Å². The number of rotatable bonds is 5. The number of carbonyl (C=O) groups excluding carboxylic acids is 1. The average Bonchev–Trinajstić information content (AvgIpc) is 3.37. The van der Waals surface area contributed by atoms with E-state index in [4.69, 9.17) is 16.1 Å². The predicted octanol–water partition coefficient (Wildman–Crippen LogP) is 4.00. The molecule has 172 valence electrons. The molecular formula is C23H23ClN4O4S. The lowest BCUT2D eigenvalue weighted by Gasteiger charge is -2.35. The molecule has 1 aromatic heterocycles. The van der Waals surface area contributed by atoms with Crippen LogP contribution in [-0.2, 0) is 21.2 Å². The molecule has 0 saturated carbocycles. The molecule has 0 aliphatic carbocycles. The maximum absolute atomic E-state index is 13.3. The summed E-state index contributed by atoms with van der Waals surface area (Å²) in [7, 11) is -3.81. The molecule has 8 nitrogen and oxygen atoms in total. The minimum atomic E-state index is -3.81. The van der Waals surface area contributed by atoms with Crippen LogP contribution >= 0.6 is 11.6 Å². The number of amides is 1. The van der Waals surface area contributed by atoms with Crippen LogP contribution in [0.4, 0.5) is 17.2 Å². The number of hydrogen-bond donors (Lipinski definition) is 1. The second kappa shape index (κ2) is 8.39. The molecule has 1 saturated heterocycles. The van der Waals surface area contributed by atoms with Crippen molar-refractivity contribution in [2.45, 2.75) is 37.1 Å². The molecule has 1 N–H and O–H groups in total. The maximum Gasteiger partial charge on any atom is 0.263 e. The summed E-state index contributed by atoms with van der Waals surface area (Å²) in [4.78, 5) is 17.3. The van der Waals surface area contributed by atoms with E-state index in [1.807, 2.05) is 18.2 Å². The number of nitrogens with one attached hydrogen (secondary N) is 1. The van der Waals surface area contributed by atoms with Crippen LogP contribution in [0.25, 0.3) is 0 Å². The first kappa shape index (κ1) is 21.8. The molecule has 10 heteroatoms. The largest absolute Gasteiger partial charge is 0.360 e. The van der Waals surface area contributed by atoms with Gasteiger partial charge < -0.3 is 14.3 Å². The Kier molecular flexibility index (Phi) is 5.54. The van der Waals surface area contributed by atoms with E-state index in [9.17, 15) is 13.2 Å². The molecule has 0 spiro atoms. The molecule has 1 atom stereocenters. The van der Waals surface area contributed by atoms with Crippen LogP contribution in [0.15, 0.2) is 57.9 Å². The summed E-state index contributed by atoms with van der Waals surface area (Å²) in [5.74, 6) is 0.645. The van der Waals surface area contributed by atoms with Crippen molar-refractivity contribution in [3.63, 3.8) is 0 Å². The van der Waals surface area contributed by atoms with Crippen molar-refractivity contribution >= 4 is 44.7 Å². The number of aromatic nitrogens is 1. The maximum atomic E-state index is 13.3. The summed E-state index contributed by atoms with van der Waals surface area (Å²) < 4.78 is 32.5. The number of benzene rings is 2. The minimum absolute atomic E-state index is 0.0182. The van der Waals surface area contributed by atoms with Crippen LogP contribution in [0.3, 0.4) is 0 Å². The normalized spacial score (nSPS) is 18.5. The Hall–Kier alpha value is -3.04. The van der Waals surface area contributed by atoms with E-state index in [2.05, 4.69) is 14.8 Å². The number of aryl methyl sites for hydroxylation is 2. The summed E-state index contributed by atoms with van der Waals surface area (Å²) in [6.07, 6.45) is 2.63. The molecule has 3 aromatic rings. The molecule has 0 radical (unpaired) electrons. The topological polar surface area (TPSA) is 95.8 Å². The third-order valence-electron chi connectivity index (χ3n) is 6.08. The van der Waals surface area contributed by atoms with E-state index in [0.29, 0.717) is 29.4 Å². The number of halogens is 1. The molecular weight excluding hydrogens is 464 g/mol. The van der Waals surface area contributed by atoms with Gasteiger partial charge >= 0.3 is 0 Å². The Labute approximate surface area is 197 Å². The monoisotopic (exact) mass is 486 g/mol. The van der Waals surface area contributed by atoms with Crippen molar-refractivity contribution in [2.24, 2.45) is 0 Å². The summed E-state index contributed by atoms with van der Waals surface area (Å²) >= 11 is 6.16. The van der Waals surface area contributed by atoms with E-state index >= 15 is 0 Å². The fraction of sp³-hybridized carbons (Fsp3) is 0.304. The Balaban J connectivity index is 1.33. The van der Waals surface area contributed by atoms with Crippen molar-refractivity contribution in [1.82, 2.24) is 5.16 Å². The van der Waals surface area contributed by atoms with Crippen LogP contribution in [0, 0.1) is 6.92 Å². The summed E-state index contributed by atoms with van der Waals surface area (Å²) in [5, 5.41) is 4.37.